The van der Waals surface area contributed by atoms with Gasteiger partial charge in [0.15, 0.2) is 0 Å². The van der Waals surface area contributed by atoms with Gasteiger partial charge in [-0.05, 0) is 42.0 Å². The largest absolute Gasteiger partial charge is 0.491 e. The number of carboxylic acids is 1. The van der Waals surface area contributed by atoms with Crippen LogP contribution in [0.4, 0.5) is 0 Å². The maximum Gasteiger partial charge on any atom is 0.335 e. The molecule has 6 nitrogen and oxygen atoms in total. The average molecular weight is 348 g/mol. The molecule has 1 aromatic heterocycles. The quantitative estimate of drug-likeness (QED) is 0.714. The van der Waals surface area contributed by atoms with Crippen molar-refractivity contribution in [3.63, 3.8) is 0 Å². The molecule has 26 heavy (non-hydrogen) atoms. The monoisotopic (exact) mass is 348 g/mol. The van der Waals surface area contributed by atoms with Crippen molar-refractivity contribution in [3.8, 4) is 28.6 Å². The van der Waals surface area contributed by atoms with E-state index in [0.29, 0.717) is 11.3 Å². The van der Waals surface area contributed by atoms with E-state index in [-0.39, 0.29) is 18.8 Å². The van der Waals surface area contributed by atoms with Crippen LogP contribution in [0, 0.1) is 11.3 Å². The van der Waals surface area contributed by atoms with E-state index in [1.165, 1.54) is 12.1 Å². The summed E-state index contributed by atoms with van der Waals surface area (Å²) in [5.74, 6) is -0.374. The van der Waals surface area contributed by atoms with Crippen LogP contribution in [0.3, 0.4) is 0 Å². The average Bonchev–Trinajstić information content (AvgIpc) is 3.11. The summed E-state index contributed by atoms with van der Waals surface area (Å²) in [5.41, 5.74) is 3.01. The molecule has 0 spiro atoms. The van der Waals surface area contributed by atoms with Gasteiger partial charge in [0.25, 0.3) is 0 Å². The Balaban J connectivity index is 1.97. The smallest absolute Gasteiger partial charge is 0.335 e. The zero-order chi connectivity index (χ0) is 18.5. The van der Waals surface area contributed by atoms with Crippen LogP contribution in [-0.4, -0.2) is 34.0 Å². The van der Waals surface area contributed by atoms with E-state index in [2.05, 4.69) is 6.07 Å². The summed E-state index contributed by atoms with van der Waals surface area (Å²) < 4.78 is 7.20. The molecule has 2 aromatic carbocycles. The number of hydrogen-bond donors (Lipinski definition) is 2. The molecular weight excluding hydrogens is 332 g/mol. The molecule has 0 radical (unpaired) electrons. The molecule has 0 saturated heterocycles. The van der Waals surface area contributed by atoms with Crippen molar-refractivity contribution in [2.75, 3.05) is 13.2 Å². The first-order valence-electron chi connectivity index (χ1n) is 7.92. The molecule has 0 aliphatic rings. The Labute approximate surface area is 150 Å². The second-order valence-electron chi connectivity index (χ2n) is 5.56. The SMILES string of the molecule is N#Cc1cn(-c2ccc(C(=O)O)cc2)cc1-c1cccc(OCCO)c1. The molecule has 0 unspecified atom stereocenters. The Kier molecular flexibility index (Phi) is 5.02. The van der Waals surface area contributed by atoms with Crippen molar-refractivity contribution in [3.05, 3.63) is 72.1 Å². The van der Waals surface area contributed by atoms with Crippen LogP contribution in [0.25, 0.3) is 16.8 Å². The fraction of sp³-hybridized carbons (Fsp3) is 0.100. The molecule has 0 amide bonds. The molecule has 6 heteroatoms. The van der Waals surface area contributed by atoms with Gasteiger partial charge in [0, 0.05) is 23.6 Å². The molecule has 0 bridgehead atoms. The Morgan fingerprint density at radius 3 is 2.58 bits per heavy atom. The van der Waals surface area contributed by atoms with Crippen molar-refractivity contribution in [1.29, 1.82) is 5.26 Å². The van der Waals surface area contributed by atoms with Crippen LogP contribution in [0.15, 0.2) is 60.9 Å². The van der Waals surface area contributed by atoms with Crippen molar-refractivity contribution in [2.45, 2.75) is 0 Å². The van der Waals surface area contributed by atoms with Gasteiger partial charge in [-0.15, -0.1) is 0 Å². The maximum absolute atomic E-state index is 11.0. The van der Waals surface area contributed by atoms with E-state index >= 15 is 0 Å². The lowest BCUT2D eigenvalue weighted by atomic mass is 10.1. The molecule has 2 N–H and O–H groups in total. The number of nitriles is 1. The van der Waals surface area contributed by atoms with E-state index in [0.717, 1.165) is 16.8 Å². The number of carboxylic acid groups (broad SMARTS) is 1. The lowest BCUT2D eigenvalue weighted by Gasteiger charge is -2.06. The third kappa shape index (κ3) is 3.58. The standard InChI is InChI=1S/C20H16N2O4/c21-11-16-12-22(17-6-4-14(5-7-17)20(24)25)13-19(16)15-2-1-3-18(10-15)26-9-8-23/h1-7,10,12-13,23H,8-9H2,(H,24,25). The highest BCUT2D eigenvalue weighted by Gasteiger charge is 2.11. The van der Waals surface area contributed by atoms with Gasteiger partial charge in [0.2, 0.25) is 0 Å². The predicted octanol–water partition coefficient (Wildman–Crippen LogP) is 3.09. The predicted molar refractivity (Wildman–Crippen MR) is 95.5 cm³/mol. The van der Waals surface area contributed by atoms with Gasteiger partial charge in [-0.3, -0.25) is 0 Å². The van der Waals surface area contributed by atoms with Crippen LogP contribution >= 0.6 is 0 Å². The van der Waals surface area contributed by atoms with Gasteiger partial charge in [0.05, 0.1) is 17.7 Å². The highest BCUT2D eigenvalue weighted by molar-refractivity contribution is 5.87. The van der Waals surface area contributed by atoms with Gasteiger partial charge >= 0.3 is 5.97 Å². The third-order valence-corrected chi connectivity index (χ3v) is 3.86. The van der Waals surface area contributed by atoms with Gasteiger partial charge in [-0.25, -0.2) is 4.79 Å². The minimum Gasteiger partial charge on any atom is -0.491 e. The number of ether oxygens (including phenoxy) is 1. The molecule has 0 atom stereocenters. The molecule has 0 aliphatic carbocycles. The zero-order valence-electron chi connectivity index (χ0n) is 13.8. The van der Waals surface area contributed by atoms with Gasteiger partial charge < -0.3 is 19.5 Å². The first-order valence-corrected chi connectivity index (χ1v) is 7.92. The number of aliphatic hydroxyl groups excluding tert-OH is 1. The number of nitrogens with zero attached hydrogens (tertiary/aromatic N) is 2. The molecule has 1 heterocycles. The number of aromatic nitrogens is 1. The molecule has 3 aromatic rings. The Bertz CT molecular complexity index is 968. The summed E-state index contributed by atoms with van der Waals surface area (Å²) in [7, 11) is 0. The molecule has 0 fully saturated rings. The number of carbonyl (C=O) groups is 1. The van der Waals surface area contributed by atoms with Crippen molar-refractivity contribution in [2.24, 2.45) is 0 Å². The molecule has 0 saturated carbocycles. The van der Waals surface area contributed by atoms with Crippen molar-refractivity contribution >= 4 is 5.97 Å². The van der Waals surface area contributed by atoms with Gasteiger partial charge in [-0.1, -0.05) is 12.1 Å². The summed E-state index contributed by atoms with van der Waals surface area (Å²) in [4.78, 5) is 11.0. The first-order chi connectivity index (χ1) is 12.6. The lowest BCUT2D eigenvalue weighted by Crippen LogP contribution is -2.01. The fourth-order valence-corrected chi connectivity index (χ4v) is 2.62. The highest BCUT2D eigenvalue weighted by atomic mass is 16.5. The summed E-state index contributed by atoms with van der Waals surface area (Å²) in [6.07, 6.45) is 3.52. The van der Waals surface area contributed by atoms with E-state index in [1.54, 1.807) is 29.0 Å². The van der Waals surface area contributed by atoms with Gasteiger partial charge in [-0.2, -0.15) is 5.26 Å². The number of benzene rings is 2. The highest BCUT2D eigenvalue weighted by Crippen LogP contribution is 2.29. The van der Waals surface area contributed by atoms with E-state index in [1.807, 2.05) is 24.4 Å². The number of aromatic carboxylic acids is 1. The molecule has 130 valence electrons. The second-order valence-corrected chi connectivity index (χ2v) is 5.56. The third-order valence-electron chi connectivity index (χ3n) is 3.86. The Morgan fingerprint density at radius 2 is 1.92 bits per heavy atom. The summed E-state index contributed by atoms with van der Waals surface area (Å²) >= 11 is 0. The van der Waals surface area contributed by atoms with Crippen LogP contribution in [0.5, 0.6) is 5.75 Å². The first kappa shape index (κ1) is 17.3. The zero-order valence-corrected chi connectivity index (χ0v) is 13.8. The van der Waals surface area contributed by atoms with Crippen LogP contribution in [0.2, 0.25) is 0 Å². The fourth-order valence-electron chi connectivity index (χ4n) is 2.62. The topological polar surface area (TPSA) is 95.5 Å². The van der Waals surface area contributed by atoms with E-state index in [4.69, 9.17) is 14.9 Å². The van der Waals surface area contributed by atoms with E-state index < -0.39 is 5.97 Å². The summed E-state index contributed by atoms with van der Waals surface area (Å²) in [6, 6.07) is 15.9. The van der Waals surface area contributed by atoms with Crippen LogP contribution < -0.4 is 4.74 Å². The Morgan fingerprint density at radius 1 is 1.15 bits per heavy atom. The molecule has 0 aliphatic heterocycles. The number of hydrogen-bond acceptors (Lipinski definition) is 4. The number of rotatable bonds is 6. The van der Waals surface area contributed by atoms with Gasteiger partial charge in [0.1, 0.15) is 18.4 Å². The molecule has 3 rings (SSSR count). The van der Waals surface area contributed by atoms with Crippen molar-refractivity contribution < 1.29 is 19.7 Å². The lowest BCUT2D eigenvalue weighted by molar-refractivity contribution is 0.0697. The van der Waals surface area contributed by atoms with E-state index in [9.17, 15) is 10.1 Å². The van der Waals surface area contributed by atoms with Crippen molar-refractivity contribution in [1.82, 2.24) is 4.57 Å². The summed E-state index contributed by atoms with van der Waals surface area (Å²) in [6.45, 7) is 0.127. The number of aliphatic hydroxyl groups is 1. The minimum atomic E-state index is -0.984. The van der Waals surface area contributed by atoms with Crippen LogP contribution in [-0.2, 0) is 0 Å². The summed E-state index contributed by atoms with van der Waals surface area (Å²) in [5, 5.41) is 27.3. The Hall–Kier alpha value is -3.56. The molecular formula is C20H16N2O4. The minimum absolute atomic E-state index is 0.0730. The normalized spacial score (nSPS) is 10.3. The van der Waals surface area contributed by atoms with Crippen LogP contribution in [0.1, 0.15) is 15.9 Å². The second kappa shape index (κ2) is 7.55. The maximum atomic E-state index is 11.0.